The van der Waals surface area contributed by atoms with E-state index in [-0.39, 0.29) is 0 Å². The van der Waals surface area contributed by atoms with Crippen LogP contribution in [0.3, 0.4) is 0 Å². The third-order valence-electron chi connectivity index (χ3n) is 4.01. The highest BCUT2D eigenvalue weighted by Gasteiger charge is 2.44. The summed E-state index contributed by atoms with van der Waals surface area (Å²) in [5.41, 5.74) is 1.31. The highest BCUT2D eigenvalue weighted by molar-refractivity contribution is 14.1. The molecule has 2 bridgehead atoms. The zero-order valence-electron chi connectivity index (χ0n) is 8.86. The van der Waals surface area contributed by atoms with Crippen molar-refractivity contribution in [2.45, 2.75) is 37.3 Å². The van der Waals surface area contributed by atoms with Gasteiger partial charge in [0, 0.05) is 33.5 Å². The van der Waals surface area contributed by atoms with Crippen LogP contribution in [0.1, 0.15) is 30.9 Å². The minimum absolute atomic E-state index is 0.684. The molecule has 3 heteroatoms. The summed E-state index contributed by atoms with van der Waals surface area (Å²) in [5, 5.41) is 0. The van der Waals surface area contributed by atoms with Crippen molar-refractivity contribution in [1.29, 1.82) is 0 Å². The zero-order valence-corrected chi connectivity index (χ0v) is 11.0. The van der Waals surface area contributed by atoms with Gasteiger partial charge in [0.05, 0.1) is 0 Å². The Hall–Kier alpha value is -0.160. The molecule has 2 aliphatic rings. The molecular formula is C12H15IN2. The van der Waals surface area contributed by atoms with Crippen molar-refractivity contribution in [2.75, 3.05) is 7.05 Å². The van der Waals surface area contributed by atoms with Gasteiger partial charge in [0.15, 0.2) is 0 Å². The normalized spacial score (nSPS) is 34.9. The van der Waals surface area contributed by atoms with Gasteiger partial charge < -0.3 is 0 Å². The monoisotopic (exact) mass is 314 g/mol. The van der Waals surface area contributed by atoms with E-state index in [1.165, 1.54) is 28.5 Å². The van der Waals surface area contributed by atoms with Gasteiger partial charge in [-0.2, -0.15) is 0 Å². The molecule has 0 spiro atoms. The first-order valence-corrected chi connectivity index (χ1v) is 6.67. The first kappa shape index (κ1) is 10.0. The Kier molecular flexibility index (Phi) is 2.47. The van der Waals surface area contributed by atoms with Gasteiger partial charge in [-0.25, -0.2) is 0 Å². The number of aromatic nitrogens is 1. The molecule has 3 rings (SSSR count). The second-order valence-corrected chi connectivity index (χ2v) is 5.95. The molecule has 3 heterocycles. The molecule has 3 atom stereocenters. The number of rotatable bonds is 1. The molecule has 0 aromatic carbocycles. The predicted molar refractivity (Wildman–Crippen MR) is 68.9 cm³/mol. The highest BCUT2D eigenvalue weighted by atomic mass is 127. The van der Waals surface area contributed by atoms with Crippen LogP contribution in [0, 0.1) is 3.57 Å². The van der Waals surface area contributed by atoms with Crippen LogP contribution < -0.4 is 0 Å². The van der Waals surface area contributed by atoms with E-state index >= 15 is 0 Å². The van der Waals surface area contributed by atoms with Gasteiger partial charge >= 0.3 is 0 Å². The van der Waals surface area contributed by atoms with Crippen LogP contribution in [0.15, 0.2) is 18.3 Å². The van der Waals surface area contributed by atoms with Gasteiger partial charge in [-0.05, 0) is 61.0 Å². The molecular weight excluding hydrogens is 299 g/mol. The molecule has 2 fully saturated rings. The molecule has 1 unspecified atom stereocenters. The second-order valence-electron chi connectivity index (χ2n) is 4.71. The lowest BCUT2D eigenvalue weighted by molar-refractivity contribution is 0.306. The van der Waals surface area contributed by atoms with E-state index in [1.807, 2.05) is 6.20 Å². The van der Waals surface area contributed by atoms with Gasteiger partial charge in [0.25, 0.3) is 0 Å². The van der Waals surface area contributed by atoms with Crippen molar-refractivity contribution in [2.24, 2.45) is 0 Å². The van der Waals surface area contributed by atoms with Crippen LogP contribution in [0.4, 0.5) is 0 Å². The Morgan fingerprint density at radius 1 is 1.47 bits per heavy atom. The Morgan fingerprint density at radius 2 is 2.33 bits per heavy atom. The molecule has 80 valence electrons. The van der Waals surface area contributed by atoms with Crippen molar-refractivity contribution >= 4 is 22.6 Å². The van der Waals surface area contributed by atoms with E-state index in [4.69, 9.17) is 0 Å². The molecule has 0 N–H and O–H groups in total. The maximum Gasteiger partial charge on any atom is 0.0461 e. The first-order chi connectivity index (χ1) is 7.25. The fraction of sp³-hybridized carbons (Fsp3) is 0.583. The average molecular weight is 314 g/mol. The Morgan fingerprint density at radius 3 is 2.93 bits per heavy atom. The maximum atomic E-state index is 4.54. The average Bonchev–Trinajstić information content (AvgIpc) is 2.74. The van der Waals surface area contributed by atoms with E-state index in [2.05, 4.69) is 51.7 Å². The smallest absolute Gasteiger partial charge is 0.0461 e. The van der Waals surface area contributed by atoms with Crippen LogP contribution in [0.5, 0.6) is 0 Å². The molecule has 15 heavy (non-hydrogen) atoms. The first-order valence-electron chi connectivity index (χ1n) is 5.59. The summed E-state index contributed by atoms with van der Waals surface area (Å²) in [5.74, 6) is 0.684. The van der Waals surface area contributed by atoms with Gasteiger partial charge in [-0.1, -0.05) is 0 Å². The second kappa shape index (κ2) is 3.70. The van der Waals surface area contributed by atoms with Gasteiger partial charge in [-0.3, -0.25) is 9.88 Å². The summed E-state index contributed by atoms with van der Waals surface area (Å²) in [6.07, 6.45) is 6.01. The van der Waals surface area contributed by atoms with Crippen LogP contribution in [-0.2, 0) is 0 Å². The van der Waals surface area contributed by atoms with Crippen LogP contribution in [-0.4, -0.2) is 29.0 Å². The van der Waals surface area contributed by atoms with E-state index < -0.39 is 0 Å². The lowest BCUT2D eigenvalue weighted by atomic mass is 9.86. The number of hydrogen-bond donors (Lipinski definition) is 0. The molecule has 2 aliphatic heterocycles. The summed E-state index contributed by atoms with van der Waals surface area (Å²) in [4.78, 5) is 7.11. The minimum atomic E-state index is 0.684. The van der Waals surface area contributed by atoms with Gasteiger partial charge in [-0.15, -0.1) is 0 Å². The largest absolute Gasteiger partial charge is 0.300 e. The molecule has 0 saturated carbocycles. The van der Waals surface area contributed by atoms with Crippen molar-refractivity contribution in [3.8, 4) is 0 Å². The van der Waals surface area contributed by atoms with Gasteiger partial charge in [0.1, 0.15) is 0 Å². The molecule has 2 nitrogen and oxygen atoms in total. The van der Waals surface area contributed by atoms with E-state index in [0.29, 0.717) is 5.92 Å². The summed E-state index contributed by atoms with van der Waals surface area (Å²) in [6, 6.07) is 5.89. The summed E-state index contributed by atoms with van der Waals surface area (Å²) in [7, 11) is 2.27. The van der Waals surface area contributed by atoms with Crippen molar-refractivity contribution in [3.63, 3.8) is 0 Å². The van der Waals surface area contributed by atoms with E-state index in [0.717, 1.165) is 12.1 Å². The van der Waals surface area contributed by atoms with E-state index in [9.17, 15) is 0 Å². The topological polar surface area (TPSA) is 16.1 Å². The predicted octanol–water partition coefficient (Wildman–Crippen LogP) is 2.64. The Labute approximate surface area is 104 Å². The number of likely N-dealkylation sites (N-methyl/N-ethyl adjacent to an activating group) is 1. The fourth-order valence-electron chi connectivity index (χ4n) is 3.20. The number of hydrogen-bond acceptors (Lipinski definition) is 2. The molecule has 1 aromatic heterocycles. The SMILES string of the molecule is CN1[C@@H]2CC[C@H]1C(c1cc(I)ccn1)C2. The molecule has 1 aromatic rings. The zero-order chi connectivity index (χ0) is 10.4. The number of nitrogens with zero attached hydrogens (tertiary/aromatic N) is 2. The number of halogens is 1. The maximum absolute atomic E-state index is 4.54. The van der Waals surface area contributed by atoms with Crippen molar-refractivity contribution in [1.82, 2.24) is 9.88 Å². The quantitative estimate of drug-likeness (QED) is 0.741. The van der Waals surface area contributed by atoms with E-state index in [1.54, 1.807) is 0 Å². The third kappa shape index (κ3) is 1.60. The molecule has 0 amide bonds. The van der Waals surface area contributed by atoms with Gasteiger partial charge in [0.2, 0.25) is 0 Å². The fourth-order valence-corrected chi connectivity index (χ4v) is 3.68. The summed E-state index contributed by atoms with van der Waals surface area (Å²) >= 11 is 2.37. The van der Waals surface area contributed by atoms with Crippen LogP contribution in [0.2, 0.25) is 0 Å². The van der Waals surface area contributed by atoms with Crippen LogP contribution in [0.25, 0.3) is 0 Å². The highest BCUT2D eigenvalue weighted by Crippen LogP contribution is 2.45. The van der Waals surface area contributed by atoms with Crippen molar-refractivity contribution in [3.05, 3.63) is 27.6 Å². The molecule has 2 saturated heterocycles. The minimum Gasteiger partial charge on any atom is -0.300 e. The molecule has 0 radical (unpaired) electrons. The summed E-state index contributed by atoms with van der Waals surface area (Å²) < 4.78 is 1.31. The number of pyridine rings is 1. The lowest BCUT2D eigenvalue weighted by Gasteiger charge is -2.21. The lowest BCUT2D eigenvalue weighted by Crippen LogP contribution is -2.25. The van der Waals surface area contributed by atoms with Crippen LogP contribution >= 0.6 is 22.6 Å². The number of fused-ring (bicyclic) bond motifs is 2. The summed E-state index contributed by atoms with van der Waals surface area (Å²) in [6.45, 7) is 0. The Bertz CT molecular complexity index is 380. The standard InChI is InChI=1S/C12H15IN2/c1-15-9-2-3-12(15)10(7-9)11-6-8(13)4-5-14-11/h4-6,9-10,12H,2-3,7H2,1H3/t9-,10?,12+/m1/s1. The third-order valence-corrected chi connectivity index (χ3v) is 4.68. The molecule has 0 aliphatic carbocycles. The van der Waals surface area contributed by atoms with Crippen molar-refractivity contribution < 1.29 is 0 Å². The Balaban J connectivity index is 1.90.